The lowest BCUT2D eigenvalue weighted by atomic mass is 10.3. The molecule has 3 rings (SSSR count). The van der Waals surface area contributed by atoms with Gasteiger partial charge in [-0.1, -0.05) is 10.3 Å². The van der Waals surface area contributed by atoms with Crippen LogP contribution in [0, 0.1) is 4.77 Å². The van der Waals surface area contributed by atoms with E-state index in [1.807, 2.05) is 23.7 Å². The Kier molecular flexibility index (Phi) is 1.86. The monoisotopic (exact) mass is 235 g/mol. The minimum absolute atomic E-state index is 0.416. The van der Waals surface area contributed by atoms with E-state index < -0.39 is 0 Å². The van der Waals surface area contributed by atoms with Gasteiger partial charge in [0.05, 0.1) is 21.4 Å². The Bertz CT molecular complexity index is 665. The minimum Gasteiger partial charge on any atom is -0.245 e. The Hall–Kier alpha value is -1.60. The molecule has 15 heavy (non-hydrogen) atoms. The van der Waals surface area contributed by atoms with E-state index in [1.165, 1.54) is 0 Å². The van der Waals surface area contributed by atoms with Crippen molar-refractivity contribution in [3.05, 3.63) is 28.5 Å². The highest BCUT2D eigenvalue weighted by molar-refractivity contribution is 7.71. The normalized spacial score (nSPS) is 10.9. The summed E-state index contributed by atoms with van der Waals surface area (Å²) < 4.78 is 3.18. The predicted octanol–water partition coefficient (Wildman–Crippen LogP) is 1.93. The summed E-state index contributed by atoms with van der Waals surface area (Å²) in [4.78, 5) is 4.21. The van der Waals surface area contributed by atoms with Gasteiger partial charge in [0.15, 0.2) is 0 Å². The zero-order valence-corrected chi connectivity index (χ0v) is 9.05. The summed E-state index contributed by atoms with van der Waals surface area (Å²) in [6.45, 7) is 0. The number of fused-ring (bicyclic) bond motifs is 1. The average Bonchev–Trinajstić information content (AvgIpc) is 2.84. The molecule has 0 amide bonds. The summed E-state index contributed by atoms with van der Waals surface area (Å²) in [5.74, 6) is 0. The van der Waals surface area contributed by atoms with Gasteiger partial charge in [0.1, 0.15) is 0 Å². The molecule has 2 heterocycles. The van der Waals surface area contributed by atoms with Crippen molar-refractivity contribution < 1.29 is 0 Å². The van der Waals surface area contributed by atoms with E-state index in [9.17, 15) is 0 Å². The van der Waals surface area contributed by atoms with Crippen LogP contribution < -0.4 is 0 Å². The van der Waals surface area contributed by atoms with Crippen LogP contribution in [0.3, 0.4) is 0 Å². The first-order valence-corrected chi connectivity index (χ1v) is 5.47. The van der Waals surface area contributed by atoms with Crippen LogP contribution in [0.15, 0.2) is 23.7 Å². The van der Waals surface area contributed by atoms with Crippen molar-refractivity contribution in [1.82, 2.24) is 25.2 Å². The van der Waals surface area contributed by atoms with Gasteiger partial charge in [0.25, 0.3) is 0 Å². The van der Waals surface area contributed by atoms with E-state index in [2.05, 4.69) is 20.5 Å². The van der Waals surface area contributed by atoms with Crippen LogP contribution in [0.1, 0.15) is 0 Å². The molecule has 0 unspecified atom stereocenters. The van der Waals surface area contributed by atoms with E-state index in [0.717, 1.165) is 15.9 Å². The van der Waals surface area contributed by atoms with Crippen LogP contribution >= 0.6 is 23.6 Å². The molecule has 0 saturated carbocycles. The molecule has 5 nitrogen and oxygen atoms in total. The molecule has 0 radical (unpaired) electrons. The summed E-state index contributed by atoms with van der Waals surface area (Å²) in [5.41, 5.74) is 3.73. The standard InChI is InChI=1S/C8H5N5S2/c14-8-10-11-12-13(8)5-1-2-6-7(3-5)15-4-9-6/h1-4H,(H,10,12,14). The maximum Gasteiger partial charge on any atom is 0.242 e. The maximum atomic E-state index is 5.02. The molecule has 0 fully saturated rings. The SMILES string of the molecule is S=c1nn[nH]n1-c1ccc2ncsc2c1. The molecule has 0 aliphatic heterocycles. The van der Waals surface area contributed by atoms with Crippen LogP contribution in [0.25, 0.3) is 15.9 Å². The number of tetrazole rings is 1. The molecular formula is C8H5N5S2. The second-order valence-electron chi connectivity index (χ2n) is 2.92. The highest BCUT2D eigenvalue weighted by Crippen LogP contribution is 2.20. The Labute approximate surface area is 93.4 Å². The number of hydrogen-bond donors (Lipinski definition) is 1. The zero-order chi connectivity index (χ0) is 10.3. The number of hydrogen-bond acceptors (Lipinski definition) is 5. The Morgan fingerprint density at radius 2 is 2.33 bits per heavy atom. The topological polar surface area (TPSA) is 59.4 Å². The van der Waals surface area contributed by atoms with Crippen molar-refractivity contribution in [3.8, 4) is 5.69 Å². The Balaban J connectivity index is 2.28. The zero-order valence-electron chi connectivity index (χ0n) is 7.41. The summed E-state index contributed by atoms with van der Waals surface area (Å²) >= 11 is 6.61. The van der Waals surface area contributed by atoms with Crippen molar-refractivity contribution in [2.24, 2.45) is 0 Å². The van der Waals surface area contributed by atoms with Gasteiger partial charge < -0.3 is 0 Å². The largest absolute Gasteiger partial charge is 0.245 e. The van der Waals surface area contributed by atoms with Crippen molar-refractivity contribution in [3.63, 3.8) is 0 Å². The number of thiazole rings is 1. The van der Waals surface area contributed by atoms with Gasteiger partial charge in [-0.25, -0.2) is 9.67 Å². The van der Waals surface area contributed by atoms with E-state index in [0.29, 0.717) is 4.77 Å². The summed E-state index contributed by atoms with van der Waals surface area (Å²) in [5, 5.41) is 10.1. The second-order valence-corrected chi connectivity index (χ2v) is 4.17. The highest BCUT2D eigenvalue weighted by atomic mass is 32.1. The van der Waals surface area contributed by atoms with Gasteiger partial charge in [-0.05, 0) is 30.4 Å². The van der Waals surface area contributed by atoms with Gasteiger partial charge >= 0.3 is 0 Å². The number of nitrogens with zero attached hydrogens (tertiary/aromatic N) is 4. The van der Waals surface area contributed by atoms with E-state index in [4.69, 9.17) is 12.2 Å². The number of aromatic amines is 1. The summed E-state index contributed by atoms with van der Waals surface area (Å²) in [7, 11) is 0. The van der Waals surface area contributed by atoms with Crippen molar-refractivity contribution in [2.45, 2.75) is 0 Å². The van der Waals surface area contributed by atoms with Gasteiger partial charge in [-0.2, -0.15) is 5.21 Å². The molecule has 0 saturated heterocycles. The Morgan fingerprint density at radius 1 is 1.40 bits per heavy atom. The van der Waals surface area contributed by atoms with Crippen LogP contribution in [-0.4, -0.2) is 25.2 Å². The molecule has 1 N–H and O–H groups in total. The Morgan fingerprint density at radius 3 is 3.13 bits per heavy atom. The van der Waals surface area contributed by atoms with Gasteiger partial charge in [-0.3, -0.25) is 0 Å². The van der Waals surface area contributed by atoms with Crippen LogP contribution in [-0.2, 0) is 0 Å². The van der Waals surface area contributed by atoms with Crippen LogP contribution in [0.4, 0.5) is 0 Å². The van der Waals surface area contributed by atoms with Crippen molar-refractivity contribution in [2.75, 3.05) is 0 Å². The molecule has 0 bridgehead atoms. The third-order valence-corrected chi connectivity index (χ3v) is 3.10. The van der Waals surface area contributed by atoms with Gasteiger partial charge in [0.2, 0.25) is 4.77 Å². The number of benzene rings is 1. The van der Waals surface area contributed by atoms with Crippen molar-refractivity contribution >= 4 is 33.8 Å². The molecule has 0 aliphatic carbocycles. The number of aromatic nitrogens is 5. The minimum atomic E-state index is 0.416. The van der Waals surface area contributed by atoms with E-state index in [1.54, 1.807) is 16.0 Å². The smallest absolute Gasteiger partial charge is 0.242 e. The fourth-order valence-electron chi connectivity index (χ4n) is 1.35. The van der Waals surface area contributed by atoms with Gasteiger partial charge in [-0.15, -0.1) is 11.3 Å². The fraction of sp³-hybridized carbons (Fsp3) is 0. The van der Waals surface area contributed by atoms with Crippen molar-refractivity contribution in [1.29, 1.82) is 0 Å². The molecule has 0 spiro atoms. The fourth-order valence-corrected chi connectivity index (χ4v) is 2.25. The lowest BCUT2D eigenvalue weighted by Gasteiger charge is -1.99. The molecule has 74 valence electrons. The average molecular weight is 235 g/mol. The molecular weight excluding hydrogens is 230 g/mol. The molecule has 3 aromatic rings. The van der Waals surface area contributed by atoms with Gasteiger partial charge in [0, 0.05) is 0 Å². The molecule has 0 aliphatic rings. The summed E-state index contributed by atoms with van der Waals surface area (Å²) in [6.07, 6.45) is 0. The third-order valence-electron chi connectivity index (χ3n) is 2.04. The second kappa shape index (κ2) is 3.21. The first-order valence-electron chi connectivity index (χ1n) is 4.18. The van der Waals surface area contributed by atoms with Crippen LogP contribution in [0.2, 0.25) is 0 Å². The number of nitrogens with one attached hydrogen (secondary N) is 1. The lowest BCUT2D eigenvalue weighted by Crippen LogP contribution is -1.95. The molecule has 2 aromatic heterocycles. The highest BCUT2D eigenvalue weighted by Gasteiger charge is 2.02. The maximum absolute atomic E-state index is 5.02. The lowest BCUT2D eigenvalue weighted by molar-refractivity contribution is 0.787. The summed E-state index contributed by atoms with van der Waals surface area (Å²) in [6, 6.07) is 5.88. The molecule has 0 atom stereocenters. The molecule has 1 aromatic carbocycles. The van der Waals surface area contributed by atoms with Crippen LogP contribution in [0.5, 0.6) is 0 Å². The third kappa shape index (κ3) is 1.36. The number of H-pyrrole nitrogens is 1. The number of rotatable bonds is 1. The first kappa shape index (κ1) is 8.69. The first-order chi connectivity index (χ1) is 7.34. The molecule has 7 heteroatoms. The predicted molar refractivity (Wildman–Crippen MR) is 59.7 cm³/mol. The van der Waals surface area contributed by atoms with E-state index >= 15 is 0 Å². The quantitative estimate of drug-likeness (QED) is 0.655. The van der Waals surface area contributed by atoms with E-state index in [-0.39, 0.29) is 0 Å².